The van der Waals surface area contributed by atoms with E-state index in [0.717, 1.165) is 23.0 Å². The molecule has 0 saturated carbocycles. The van der Waals surface area contributed by atoms with Crippen molar-refractivity contribution in [1.82, 2.24) is 14.8 Å². The predicted octanol–water partition coefficient (Wildman–Crippen LogP) is 3.52. The molecule has 142 valence electrons. The Morgan fingerprint density at radius 3 is 2.67 bits per heavy atom. The molecule has 1 amide bonds. The second kappa shape index (κ2) is 9.34. The normalized spacial score (nSPS) is 10.9. The van der Waals surface area contributed by atoms with Gasteiger partial charge in [0.1, 0.15) is 17.4 Å². The van der Waals surface area contributed by atoms with Crippen molar-refractivity contribution in [3.63, 3.8) is 0 Å². The predicted molar refractivity (Wildman–Crippen MR) is 105 cm³/mol. The van der Waals surface area contributed by atoms with E-state index < -0.39 is 0 Å². The van der Waals surface area contributed by atoms with Crippen LogP contribution in [0.2, 0.25) is 0 Å². The quantitative estimate of drug-likeness (QED) is 0.564. The highest BCUT2D eigenvalue weighted by atomic mass is 32.1. The van der Waals surface area contributed by atoms with Gasteiger partial charge in [0.25, 0.3) is 5.91 Å². The number of rotatable bonds is 9. The van der Waals surface area contributed by atoms with Gasteiger partial charge in [0.05, 0.1) is 18.5 Å². The molecule has 3 aromatic rings. The topological polar surface area (TPSA) is 58.8 Å². The van der Waals surface area contributed by atoms with Gasteiger partial charge in [-0.05, 0) is 38.4 Å². The number of likely N-dealkylation sites (N-methyl/N-ethyl adjacent to an activating group) is 1. The van der Waals surface area contributed by atoms with E-state index in [9.17, 15) is 4.79 Å². The first-order valence-corrected chi connectivity index (χ1v) is 9.58. The number of hydrogen-bond acceptors (Lipinski definition) is 6. The van der Waals surface area contributed by atoms with Gasteiger partial charge in [0.15, 0.2) is 5.76 Å². The minimum atomic E-state index is -0.128. The van der Waals surface area contributed by atoms with Gasteiger partial charge < -0.3 is 19.0 Å². The molecule has 0 aliphatic rings. The molecule has 6 nitrogen and oxygen atoms in total. The molecule has 0 radical (unpaired) electrons. The van der Waals surface area contributed by atoms with E-state index in [1.807, 2.05) is 54.7 Å². The van der Waals surface area contributed by atoms with Gasteiger partial charge in [0.2, 0.25) is 0 Å². The highest BCUT2D eigenvalue weighted by Crippen LogP contribution is 2.17. The van der Waals surface area contributed by atoms with Crippen molar-refractivity contribution >= 4 is 17.2 Å². The standard InChI is InChI=1S/C20H23N3O3S/c1-22(2)10-11-23(20(24)18-9-6-12-25-18)13-16-15-27-19(21-16)14-26-17-7-4-3-5-8-17/h3-9,12,15H,10-11,13-14H2,1-2H3. The van der Waals surface area contributed by atoms with E-state index in [0.29, 0.717) is 25.5 Å². The Morgan fingerprint density at radius 2 is 1.96 bits per heavy atom. The SMILES string of the molecule is CN(C)CCN(Cc1csc(COc2ccccc2)n1)C(=O)c1ccco1. The van der Waals surface area contributed by atoms with Gasteiger partial charge in [-0.3, -0.25) is 4.79 Å². The highest BCUT2D eigenvalue weighted by Gasteiger charge is 2.20. The summed E-state index contributed by atoms with van der Waals surface area (Å²) < 4.78 is 11.0. The first-order chi connectivity index (χ1) is 13.1. The second-order valence-corrected chi connectivity index (χ2v) is 7.28. The van der Waals surface area contributed by atoms with Gasteiger partial charge in [-0.1, -0.05) is 18.2 Å². The summed E-state index contributed by atoms with van der Waals surface area (Å²) in [5.41, 5.74) is 0.852. The van der Waals surface area contributed by atoms with Crippen molar-refractivity contribution in [3.05, 3.63) is 70.6 Å². The fraction of sp³-hybridized carbons (Fsp3) is 0.300. The maximum atomic E-state index is 12.7. The number of benzene rings is 1. The van der Waals surface area contributed by atoms with Crippen molar-refractivity contribution in [3.8, 4) is 5.75 Å². The fourth-order valence-electron chi connectivity index (χ4n) is 2.47. The molecule has 0 N–H and O–H groups in total. The molecule has 7 heteroatoms. The molecule has 0 bridgehead atoms. The average Bonchev–Trinajstić information content (AvgIpc) is 3.35. The Morgan fingerprint density at radius 1 is 1.15 bits per heavy atom. The van der Waals surface area contributed by atoms with Crippen molar-refractivity contribution in [1.29, 1.82) is 0 Å². The molecule has 3 rings (SSSR count). The average molecular weight is 385 g/mol. The molecule has 2 aromatic heterocycles. The maximum Gasteiger partial charge on any atom is 0.289 e. The molecule has 1 aromatic carbocycles. The van der Waals surface area contributed by atoms with Gasteiger partial charge >= 0.3 is 0 Å². The molecule has 27 heavy (non-hydrogen) atoms. The number of carbonyl (C=O) groups is 1. The molecule has 0 aliphatic carbocycles. The number of furan rings is 1. The van der Waals surface area contributed by atoms with E-state index in [2.05, 4.69) is 4.98 Å². The first kappa shape index (κ1) is 19.1. The molecule has 0 saturated heterocycles. The van der Waals surface area contributed by atoms with Crippen LogP contribution in [0.3, 0.4) is 0 Å². The van der Waals surface area contributed by atoms with E-state index in [1.165, 1.54) is 17.6 Å². The molecule has 0 fully saturated rings. The highest BCUT2D eigenvalue weighted by molar-refractivity contribution is 7.09. The van der Waals surface area contributed by atoms with Crippen LogP contribution in [0.25, 0.3) is 0 Å². The third-order valence-corrected chi connectivity index (χ3v) is 4.77. The van der Waals surface area contributed by atoms with Crippen molar-refractivity contribution in [2.45, 2.75) is 13.2 Å². The summed E-state index contributed by atoms with van der Waals surface area (Å²) in [6, 6.07) is 13.1. The minimum Gasteiger partial charge on any atom is -0.486 e. The minimum absolute atomic E-state index is 0.128. The lowest BCUT2D eigenvalue weighted by molar-refractivity contribution is 0.0698. The van der Waals surface area contributed by atoms with E-state index in [1.54, 1.807) is 17.0 Å². The van der Waals surface area contributed by atoms with Crippen LogP contribution < -0.4 is 4.74 Å². The third-order valence-electron chi connectivity index (χ3n) is 3.89. The summed E-state index contributed by atoms with van der Waals surface area (Å²) in [4.78, 5) is 21.1. The number of thiazole rings is 1. The summed E-state index contributed by atoms with van der Waals surface area (Å²) in [6.45, 7) is 2.22. The molecule has 0 aliphatic heterocycles. The molecule has 0 atom stereocenters. The van der Waals surface area contributed by atoms with Gasteiger partial charge in [-0.15, -0.1) is 11.3 Å². The second-order valence-electron chi connectivity index (χ2n) is 6.34. The zero-order valence-corrected chi connectivity index (χ0v) is 16.3. The van der Waals surface area contributed by atoms with Crippen molar-refractivity contribution < 1.29 is 13.9 Å². The Labute approximate surface area is 163 Å². The summed E-state index contributed by atoms with van der Waals surface area (Å²) in [7, 11) is 3.97. The lowest BCUT2D eigenvalue weighted by Crippen LogP contribution is -2.36. The largest absolute Gasteiger partial charge is 0.486 e. The Kier molecular flexibility index (Phi) is 6.62. The van der Waals surface area contributed by atoms with Crippen LogP contribution in [0.1, 0.15) is 21.3 Å². The molecular weight excluding hydrogens is 362 g/mol. The number of carbonyl (C=O) groups excluding carboxylic acids is 1. The van der Waals surface area contributed by atoms with E-state index in [4.69, 9.17) is 9.15 Å². The van der Waals surface area contributed by atoms with E-state index in [-0.39, 0.29) is 5.91 Å². The molecular formula is C20H23N3O3S. The fourth-order valence-corrected chi connectivity index (χ4v) is 3.17. The van der Waals surface area contributed by atoms with Crippen LogP contribution in [-0.4, -0.2) is 47.9 Å². The smallest absolute Gasteiger partial charge is 0.289 e. The Balaban J connectivity index is 1.63. The lowest BCUT2D eigenvalue weighted by Gasteiger charge is -2.22. The maximum absolute atomic E-state index is 12.7. The zero-order chi connectivity index (χ0) is 19.1. The van der Waals surface area contributed by atoms with Crippen molar-refractivity contribution in [2.75, 3.05) is 27.2 Å². The van der Waals surface area contributed by atoms with Crippen LogP contribution in [0.15, 0.2) is 58.5 Å². The number of hydrogen-bond donors (Lipinski definition) is 0. The number of para-hydroxylation sites is 1. The Hall–Kier alpha value is -2.64. The number of nitrogens with zero attached hydrogens (tertiary/aromatic N) is 3. The van der Waals surface area contributed by atoms with Crippen LogP contribution in [0, 0.1) is 0 Å². The number of aromatic nitrogens is 1. The molecule has 2 heterocycles. The monoisotopic (exact) mass is 385 g/mol. The summed E-state index contributed by atoms with van der Waals surface area (Å²) in [6.07, 6.45) is 1.51. The van der Waals surface area contributed by atoms with Crippen LogP contribution in [0.5, 0.6) is 5.75 Å². The van der Waals surface area contributed by atoms with Gasteiger partial charge in [-0.25, -0.2) is 4.98 Å². The van der Waals surface area contributed by atoms with Gasteiger partial charge in [-0.2, -0.15) is 0 Å². The number of amides is 1. The van der Waals surface area contributed by atoms with Gasteiger partial charge in [0, 0.05) is 18.5 Å². The zero-order valence-electron chi connectivity index (χ0n) is 15.5. The third kappa shape index (κ3) is 5.67. The molecule has 0 unspecified atom stereocenters. The van der Waals surface area contributed by atoms with Crippen LogP contribution >= 0.6 is 11.3 Å². The Bertz CT molecular complexity index is 831. The summed E-state index contributed by atoms with van der Waals surface area (Å²) in [5.74, 6) is 1.03. The van der Waals surface area contributed by atoms with E-state index >= 15 is 0 Å². The van der Waals surface area contributed by atoms with Crippen LogP contribution in [-0.2, 0) is 13.2 Å². The summed E-state index contributed by atoms with van der Waals surface area (Å²) >= 11 is 1.54. The van der Waals surface area contributed by atoms with Crippen molar-refractivity contribution in [2.24, 2.45) is 0 Å². The summed E-state index contributed by atoms with van der Waals surface area (Å²) in [5, 5.41) is 2.86. The number of ether oxygens (including phenoxy) is 1. The first-order valence-electron chi connectivity index (χ1n) is 8.70. The molecule has 0 spiro atoms. The van der Waals surface area contributed by atoms with Crippen LogP contribution in [0.4, 0.5) is 0 Å². The lowest BCUT2D eigenvalue weighted by atomic mass is 10.3.